The molecule has 120 valence electrons. The molecule has 0 radical (unpaired) electrons. The van der Waals surface area contributed by atoms with Crippen LogP contribution in [0.3, 0.4) is 0 Å². The van der Waals surface area contributed by atoms with Crippen LogP contribution in [0.1, 0.15) is 33.1 Å². The van der Waals surface area contributed by atoms with Crippen molar-refractivity contribution in [2.75, 3.05) is 12.3 Å². The molecule has 0 amide bonds. The molecule has 2 rings (SSSR count). The minimum atomic E-state index is -3.37. The molecule has 1 heterocycles. The summed E-state index contributed by atoms with van der Waals surface area (Å²) in [6.45, 7) is 4.79. The van der Waals surface area contributed by atoms with E-state index < -0.39 is 15.9 Å². The highest BCUT2D eigenvalue weighted by atomic mass is 32.2. The second-order valence-corrected chi connectivity index (χ2v) is 9.40. The number of rotatable bonds is 6. The van der Waals surface area contributed by atoms with Crippen molar-refractivity contribution in [3.8, 4) is 0 Å². The van der Waals surface area contributed by atoms with E-state index in [0.717, 1.165) is 0 Å². The topological polar surface area (TPSA) is 66.4 Å². The fourth-order valence-corrected chi connectivity index (χ4v) is 5.67. The van der Waals surface area contributed by atoms with Crippen LogP contribution in [0.2, 0.25) is 0 Å². The molecular formula is C15H25NO3S2. The van der Waals surface area contributed by atoms with Crippen molar-refractivity contribution in [3.63, 3.8) is 0 Å². The van der Waals surface area contributed by atoms with Crippen LogP contribution in [0.15, 0.2) is 21.7 Å². The second-order valence-electron chi connectivity index (χ2n) is 6.19. The van der Waals surface area contributed by atoms with E-state index in [2.05, 4.69) is 19.2 Å². The molecule has 1 fully saturated rings. The van der Waals surface area contributed by atoms with Crippen LogP contribution >= 0.6 is 11.3 Å². The van der Waals surface area contributed by atoms with E-state index in [1.54, 1.807) is 17.5 Å². The Bertz CT molecular complexity index is 517. The lowest BCUT2D eigenvalue weighted by atomic mass is 9.79. The Hall–Kier alpha value is -0.430. The van der Waals surface area contributed by atoms with Gasteiger partial charge in [-0.15, -0.1) is 11.3 Å². The monoisotopic (exact) mass is 331 g/mol. The highest BCUT2D eigenvalue weighted by molar-refractivity contribution is 7.93. The predicted octanol–water partition coefficient (Wildman–Crippen LogP) is 2.30. The van der Waals surface area contributed by atoms with Crippen LogP contribution in [0.5, 0.6) is 0 Å². The SMILES string of the molecule is CC1CCCC(C)C1NCC(O)CS(=O)(=O)c1cccs1. The van der Waals surface area contributed by atoms with Gasteiger partial charge in [0.05, 0.1) is 11.9 Å². The Morgan fingerprint density at radius 2 is 2.05 bits per heavy atom. The van der Waals surface area contributed by atoms with Crippen molar-refractivity contribution < 1.29 is 13.5 Å². The van der Waals surface area contributed by atoms with Gasteiger partial charge in [-0.05, 0) is 36.1 Å². The summed E-state index contributed by atoms with van der Waals surface area (Å²) in [5.74, 6) is 0.945. The van der Waals surface area contributed by atoms with Gasteiger partial charge in [-0.2, -0.15) is 0 Å². The Kier molecular flexibility index (Phi) is 5.82. The maximum Gasteiger partial charge on any atom is 0.190 e. The Morgan fingerprint density at radius 1 is 1.38 bits per heavy atom. The maximum absolute atomic E-state index is 12.1. The van der Waals surface area contributed by atoms with Crippen LogP contribution in [-0.4, -0.2) is 38.0 Å². The molecule has 0 aromatic carbocycles. The molecular weight excluding hydrogens is 306 g/mol. The Balaban J connectivity index is 1.86. The summed E-state index contributed by atoms with van der Waals surface area (Å²) in [7, 11) is -3.37. The molecule has 0 aliphatic heterocycles. The van der Waals surface area contributed by atoms with Gasteiger partial charge in [-0.1, -0.05) is 26.3 Å². The summed E-state index contributed by atoms with van der Waals surface area (Å²) >= 11 is 1.20. The third-order valence-electron chi connectivity index (χ3n) is 4.35. The van der Waals surface area contributed by atoms with Gasteiger partial charge >= 0.3 is 0 Å². The lowest BCUT2D eigenvalue weighted by molar-refractivity contribution is 0.154. The zero-order valence-electron chi connectivity index (χ0n) is 12.7. The first-order chi connectivity index (χ1) is 9.90. The summed E-state index contributed by atoms with van der Waals surface area (Å²) in [6, 6.07) is 3.68. The van der Waals surface area contributed by atoms with Gasteiger partial charge in [0.15, 0.2) is 9.84 Å². The molecule has 1 aliphatic carbocycles. The van der Waals surface area contributed by atoms with E-state index in [1.165, 1.54) is 30.6 Å². The van der Waals surface area contributed by atoms with E-state index in [0.29, 0.717) is 28.6 Å². The Morgan fingerprint density at radius 3 is 2.62 bits per heavy atom. The molecule has 21 heavy (non-hydrogen) atoms. The molecule has 3 atom stereocenters. The van der Waals surface area contributed by atoms with Crippen LogP contribution in [0.4, 0.5) is 0 Å². The molecule has 1 saturated carbocycles. The van der Waals surface area contributed by atoms with Gasteiger partial charge in [0.25, 0.3) is 0 Å². The second kappa shape index (κ2) is 7.22. The van der Waals surface area contributed by atoms with Crippen LogP contribution < -0.4 is 5.32 Å². The fraction of sp³-hybridized carbons (Fsp3) is 0.733. The lowest BCUT2D eigenvalue weighted by Crippen LogP contribution is -2.46. The lowest BCUT2D eigenvalue weighted by Gasteiger charge is -2.35. The number of nitrogens with one attached hydrogen (secondary N) is 1. The molecule has 0 spiro atoms. The minimum Gasteiger partial charge on any atom is -0.391 e. The van der Waals surface area contributed by atoms with Gasteiger partial charge in [0.1, 0.15) is 4.21 Å². The van der Waals surface area contributed by atoms with Crippen molar-refractivity contribution in [1.82, 2.24) is 5.32 Å². The number of thiophene rings is 1. The summed E-state index contributed by atoms with van der Waals surface area (Å²) in [5.41, 5.74) is 0. The average molecular weight is 332 g/mol. The van der Waals surface area contributed by atoms with Crippen molar-refractivity contribution >= 4 is 21.2 Å². The van der Waals surface area contributed by atoms with Crippen molar-refractivity contribution in [2.45, 2.75) is 49.5 Å². The van der Waals surface area contributed by atoms with Crippen LogP contribution in [-0.2, 0) is 9.84 Å². The van der Waals surface area contributed by atoms with E-state index >= 15 is 0 Å². The molecule has 1 aromatic heterocycles. The number of aliphatic hydroxyl groups is 1. The van der Waals surface area contributed by atoms with E-state index in [-0.39, 0.29) is 5.75 Å². The smallest absolute Gasteiger partial charge is 0.190 e. The minimum absolute atomic E-state index is 0.212. The number of hydrogen-bond donors (Lipinski definition) is 2. The standard InChI is InChI=1S/C15H25NO3S2/c1-11-5-3-6-12(2)15(11)16-9-13(17)10-21(18,19)14-7-4-8-20-14/h4,7-8,11-13,15-17H,3,5-6,9-10H2,1-2H3. The molecule has 6 heteroatoms. The molecule has 0 saturated heterocycles. The van der Waals surface area contributed by atoms with Crippen LogP contribution in [0.25, 0.3) is 0 Å². The average Bonchev–Trinajstić information content (AvgIpc) is 2.92. The zero-order chi connectivity index (χ0) is 15.5. The van der Waals surface area contributed by atoms with Gasteiger partial charge in [-0.3, -0.25) is 0 Å². The highest BCUT2D eigenvalue weighted by Crippen LogP contribution is 2.28. The Labute approximate surface area is 131 Å². The molecule has 0 bridgehead atoms. The van der Waals surface area contributed by atoms with Gasteiger partial charge < -0.3 is 10.4 Å². The summed E-state index contributed by atoms with van der Waals surface area (Å²) in [6.07, 6.45) is 2.80. The quantitative estimate of drug-likeness (QED) is 0.839. The first-order valence-electron chi connectivity index (χ1n) is 7.58. The maximum atomic E-state index is 12.1. The number of sulfone groups is 1. The largest absolute Gasteiger partial charge is 0.391 e. The van der Waals surface area contributed by atoms with Gasteiger partial charge in [0, 0.05) is 12.6 Å². The first kappa shape index (κ1) is 16.9. The third-order valence-corrected chi connectivity index (χ3v) is 7.63. The molecule has 4 nitrogen and oxygen atoms in total. The number of aliphatic hydroxyl groups excluding tert-OH is 1. The van der Waals surface area contributed by atoms with Crippen molar-refractivity contribution in [1.29, 1.82) is 0 Å². The third kappa shape index (κ3) is 4.52. The summed E-state index contributed by atoms with van der Waals surface area (Å²) in [5, 5.41) is 15.2. The fourth-order valence-electron chi connectivity index (χ4n) is 3.19. The molecule has 1 aliphatic rings. The van der Waals surface area contributed by atoms with E-state index in [9.17, 15) is 13.5 Å². The molecule has 3 unspecified atom stereocenters. The van der Waals surface area contributed by atoms with Gasteiger partial charge in [-0.25, -0.2) is 8.42 Å². The van der Waals surface area contributed by atoms with Crippen LogP contribution in [0, 0.1) is 11.8 Å². The number of hydrogen-bond acceptors (Lipinski definition) is 5. The molecule has 1 aromatic rings. The van der Waals surface area contributed by atoms with E-state index in [4.69, 9.17) is 0 Å². The summed E-state index contributed by atoms with van der Waals surface area (Å²) in [4.78, 5) is 0. The van der Waals surface area contributed by atoms with Crippen molar-refractivity contribution in [3.05, 3.63) is 17.5 Å². The zero-order valence-corrected chi connectivity index (χ0v) is 14.3. The highest BCUT2D eigenvalue weighted by Gasteiger charge is 2.28. The normalized spacial score (nSPS) is 28.4. The predicted molar refractivity (Wildman–Crippen MR) is 86.3 cm³/mol. The van der Waals surface area contributed by atoms with E-state index in [1.807, 2.05) is 0 Å². The molecule has 2 N–H and O–H groups in total. The first-order valence-corrected chi connectivity index (χ1v) is 10.1. The van der Waals surface area contributed by atoms with Gasteiger partial charge in [0.2, 0.25) is 0 Å². The van der Waals surface area contributed by atoms with Crippen molar-refractivity contribution in [2.24, 2.45) is 11.8 Å². The summed E-state index contributed by atoms with van der Waals surface area (Å²) < 4.78 is 24.5.